The molecule has 0 radical (unpaired) electrons. The van der Waals surface area contributed by atoms with Crippen molar-refractivity contribution >= 4 is 27.3 Å². The standard InChI is InChI=1S/C24H26N2O3S/c1-16-13-18(3)23(19(4)14-16)25-24(27)20-11-12-22(17(2)15-20)26(5)30(28,29)21-9-7-6-8-10-21/h6-15H,1-5H3,(H,25,27). The summed E-state index contributed by atoms with van der Waals surface area (Å²) in [4.78, 5) is 13.0. The number of nitrogens with zero attached hydrogens (tertiary/aromatic N) is 1. The molecule has 0 spiro atoms. The van der Waals surface area contributed by atoms with Crippen LogP contribution in [0, 0.1) is 27.7 Å². The Labute approximate surface area is 178 Å². The van der Waals surface area contributed by atoms with Crippen molar-refractivity contribution in [3.63, 3.8) is 0 Å². The molecule has 3 rings (SSSR count). The summed E-state index contributed by atoms with van der Waals surface area (Å²) in [5.74, 6) is -0.228. The predicted octanol–water partition coefficient (Wildman–Crippen LogP) is 5.00. The van der Waals surface area contributed by atoms with E-state index in [1.807, 2.05) is 32.9 Å². The maximum atomic E-state index is 12.9. The summed E-state index contributed by atoms with van der Waals surface area (Å²) in [6.07, 6.45) is 0. The molecule has 0 saturated heterocycles. The number of hydrogen-bond acceptors (Lipinski definition) is 3. The molecular weight excluding hydrogens is 396 g/mol. The number of amides is 1. The lowest BCUT2D eigenvalue weighted by molar-refractivity contribution is 0.102. The first-order valence-electron chi connectivity index (χ1n) is 9.65. The number of carbonyl (C=O) groups excluding carboxylic acids is 1. The van der Waals surface area contributed by atoms with Gasteiger partial charge < -0.3 is 5.32 Å². The molecule has 1 amide bonds. The van der Waals surface area contributed by atoms with Gasteiger partial charge in [0, 0.05) is 18.3 Å². The molecule has 0 bridgehead atoms. The summed E-state index contributed by atoms with van der Waals surface area (Å²) >= 11 is 0. The van der Waals surface area contributed by atoms with E-state index in [-0.39, 0.29) is 10.8 Å². The van der Waals surface area contributed by atoms with Crippen LogP contribution in [0.2, 0.25) is 0 Å². The van der Waals surface area contributed by atoms with Gasteiger partial charge in [-0.2, -0.15) is 0 Å². The molecule has 0 aliphatic heterocycles. The molecule has 0 saturated carbocycles. The van der Waals surface area contributed by atoms with Crippen molar-refractivity contribution in [2.45, 2.75) is 32.6 Å². The Bertz CT molecular complexity index is 1180. The third-order valence-corrected chi connectivity index (χ3v) is 6.90. The fourth-order valence-electron chi connectivity index (χ4n) is 3.59. The molecule has 0 aliphatic rings. The van der Waals surface area contributed by atoms with Crippen LogP contribution in [0.1, 0.15) is 32.6 Å². The van der Waals surface area contributed by atoms with Gasteiger partial charge in [0.25, 0.3) is 15.9 Å². The lowest BCUT2D eigenvalue weighted by atomic mass is 10.0. The van der Waals surface area contributed by atoms with Crippen molar-refractivity contribution in [3.05, 3.63) is 88.5 Å². The molecule has 6 heteroatoms. The molecule has 0 aliphatic carbocycles. The SMILES string of the molecule is Cc1cc(C)c(NC(=O)c2ccc(N(C)S(=O)(=O)c3ccccc3)c(C)c2)c(C)c1. The second kappa shape index (κ2) is 8.32. The molecule has 0 unspecified atom stereocenters. The van der Waals surface area contributed by atoms with Crippen LogP contribution in [0.4, 0.5) is 11.4 Å². The van der Waals surface area contributed by atoms with Gasteiger partial charge in [-0.15, -0.1) is 0 Å². The van der Waals surface area contributed by atoms with Crippen molar-refractivity contribution in [1.29, 1.82) is 0 Å². The highest BCUT2D eigenvalue weighted by Gasteiger charge is 2.23. The van der Waals surface area contributed by atoms with Crippen LogP contribution in [0.25, 0.3) is 0 Å². The summed E-state index contributed by atoms with van der Waals surface area (Å²) in [6.45, 7) is 7.75. The van der Waals surface area contributed by atoms with Crippen LogP contribution in [-0.4, -0.2) is 21.4 Å². The number of sulfonamides is 1. The smallest absolute Gasteiger partial charge is 0.264 e. The highest BCUT2D eigenvalue weighted by Crippen LogP contribution is 2.27. The van der Waals surface area contributed by atoms with E-state index in [9.17, 15) is 13.2 Å². The quantitative estimate of drug-likeness (QED) is 0.629. The van der Waals surface area contributed by atoms with E-state index in [1.165, 1.54) is 11.4 Å². The van der Waals surface area contributed by atoms with E-state index >= 15 is 0 Å². The average Bonchev–Trinajstić information content (AvgIpc) is 2.70. The van der Waals surface area contributed by atoms with Crippen LogP contribution in [0.15, 0.2) is 65.6 Å². The second-order valence-electron chi connectivity index (χ2n) is 7.51. The molecular formula is C24H26N2O3S. The van der Waals surface area contributed by atoms with Crippen LogP contribution >= 0.6 is 0 Å². The largest absolute Gasteiger partial charge is 0.322 e. The first-order valence-corrected chi connectivity index (χ1v) is 11.1. The zero-order chi connectivity index (χ0) is 22.1. The van der Waals surface area contributed by atoms with Gasteiger partial charge in [-0.05, 0) is 74.7 Å². The fourth-order valence-corrected chi connectivity index (χ4v) is 4.87. The topological polar surface area (TPSA) is 66.5 Å². The van der Waals surface area contributed by atoms with Gasteiger partial charge in [-0.1, -0.05) is 35.9 Å². The molecule has 0 heterocycles. The molecule has 30 heavy (non-hydrogen) atoms. The molecule has 5 nitrogen and oxygen atoms in total. The minimum Gasteiger partial charge on any atom is -0.322 e. The van der Waals surface area contributed by atoms with Gasteiger partial charge in [-0.3, -0.25) is 9.10 Å². The summed E-state index contributed by atoms with van der Waals surface area (Å²) in [6, 6.07) is 17.4. The maximum Gasteiger partial charge on any atom is 0.264 e. The lowest BCUT2D eigenvalue weighted by Gasteiger charge is -2.22. The molecule has 3 aromatic carbocycles. The third kappa shape index (κ3) is 4.24. The number of carbonyl (C=O) groups is 1. The zero-order valence-electron chi connectivity index (χ0n) is 17.9. The van der Waals surface area contributed by atoms with E-state index < -0.39 is 10.0 Å². The molecule has 0 fully saturated rings. The average molecular weight is 423 g/mol. The third-order valence-electron chi connectivity index (χ3n) is 5.12. The number of benzene rings is 3. The normalized spacial score (nSPS) is 11.2. The Morgan fingerprint density at radius 2 is 1.43 bits per heavy atom. The summed E-state index contributed by atoms with van der Waals surface area (Å²) in [5.41, 5.74) is 5.65. The number of hydrogen-bond donors (Lipinski definition) is 1. The van der Waals surface area contributed by atoms with Gasteiger partial charge in [0.2, 0.25) is 0 Å². The molecule has 0 atom stereocenters. The maximum absolute atomic E-state index is 12.9. The lowest BCUT2D eigenvalue weighted by Crippen LogP contribution is -2.27. The van der Waals surface area contributed by atoms with Crippen molar-refractivity contribution in [2.75, 3.05) is 16.7 Å². The van der Waals surface area contributed by atoms with E-state index in [0.717, 1.165) is 22.4 Å². The first-order chi connectivity index (χ1) is 14.1. The Balaban J connectivity index is 1.88. The van der Waals surface area contributed by atoms with Crippen molar-refractivity contribution in [3.8, 4) is 0 Å². The number of aryl methyl sites for hydroxylation is 4. The minimum atomic E-state index is -3.68. The van der Waals surface area contributed by atoms with Gasteiger partial charge in [0.05, 0.1) is 10.6 Å². The van der Waals surface area contributed by atoms with E-state index in [4.69, 9.17) is 0 Å². The number of anilines is 2. The van der Waals surface area contributed by atoms with Gasteiger partial charge in [-0.25, -0.2) is 8.42 Å². The van der Waals surface area contributed by atoms with E-state index in [1.54, 1.807) is 55.5 Å². The Morgan fingerprint density at radius 1 is 0.833 bits per heavy atom. The first kappa shape index (κ1) is 21.6. The zero-order valence-corrected chi connectivity index (χ0v) is 18.7. The fraction of sp³-hybridized carbons (Fsp3) is 0.208. The Kier molecular flexibility index (Phi) is 5.99. The number of nitrogens with one attached hydrogen (secondary N) is 1. The van der Waals surface area contributed by atoms with Gasteiger partial charge in [0.15, 0.2) is 0 Å². The molecule has 156 valence electrons. The Morgan fingerprint density at radius 3 is 2.00 bits per heavy atom. The highest BCUT2D eigenvalue weighted by molar-refractivity contribution is 7.92. The van der Waals surface area contributed by atoms with Crippen LogP contribution in [0.3, 0.4) is 0 Å². The summed E-state index contributed by atoms with van der Waals surface area (Å²) in [7, 11) is -2.16. The van der Waals surface area contributed by atoms with Crippen molar-refractivity contribution in [1.82, 2.24) is 0 Å². The summed E-state index contributed by atoms with van der Waals surface area (Å²) < 4.78 is 27.0. The van der Waals surface area contributed by atoms with E-state index in [2.05, 4.69) is 5.32 Å². The molecule has 3 aromatic rings. The highest BCUT2D eigenvalue weighted by atomic mass is 32.2. The van der Waals surface area contributed by atoms with Crippen LogP contribution in [0.5, 0.6) is 0 Å². The van der Waals surface area contributed by atoms with E-state index in [0.29, 0.717) is 16.8 Å². The molecule has 0 aromatic heterocycles. The Hall–Kier alpha value is -3.12. The van der Waals surface area contributed by atoms with Crippen LogP contribution in [-0.2, 0) is 10.0 Å². The second-order valence-corrected chi connectivity index (χ2v) is 9.48. The van der Waals surface area contributed by atoms with Gasteiger partial charge in [0.1, 0.15) is 0 Å². The van der Waals surface area contributed by atoms with Crippen molar-refractivity contribution < 1.29 is 13.2 Å². The monoisotopic (exact) mass is 422 g/mol. The summed E-state index contributed by atoms with van der Waals surface area (Å²) in [5, 5.41) is 2.98. The number of rotatable bonds is 5. The van der Waals surface area contributed by atoms with Gasteiger partial charge >= 0.3 is 0 Å². The minimum absolute atomic E-state index is 0.221. The van der Waals surface area contributed by atoms with Crippen molar-refractivity contribution in [2.24, 2.45) is 0 Å². The molecule has 1 N–H and O–H groups in total. The predicted molar refractivity (Wildman–Crippen MR) is 122 cm³/mol. The van der Waals surface area contributed by atoms with Crippen LogP contribution < -0.4 is 9.62 Å².